The van der Waals surface area contributed by atoms with E-state index in [0.29, 0.717) is 6.04 Å². The molecule has 0 saturated carbocycles. The highest BCUT2D eigenvalue weighted by atomic mass is 15.2. The maximum Gasteiger partial charge on any atom is 0.0562 e. The average molecular weight is 233 g/mol. The predicted octanol–water partition coefficient (Wildman–Crippen LogP) is 2.43. The van der Waals surface area contributed by atoms with Crippen LogP contribution in [0, 0.1) is 5.92 Å². The van der Waals surface area contributed by atoms with Crippen LogP contribution >= 0.6 is 0 Å². The summed E-state index contributed by atoms with van der Waals surface area (Å²) in [6.07, 6.45) is 4.58. The van der Waals surface area contributed by atoms with Gasteiger partial charge in [-0.05, 0) is 44.9 Å². The lowest BCUT2D eigenvalue weighted by atomic mass is 9.91. The van der Waals surface area contributed by atoms with Crippen molar-refractivity contribution in [3.63, 3.8) is 0 Å². The fourth-order valence-electron chi connectivity index (χ4n) is 2.62. The van der Waals surface area contributed by atoms with Crippen LogP contribution in [0.4, 0.5) is 5.69 Å². The molecule has 1 N–H and O–H groups in total. The van der Waals surface area contributed by atoms with Crippen LogP contribution in [0.3, 0.4) is 0 Å². The summed E-state index contributed by atoms with van der Waals surface area (Å²) in [4.78, 5) is 6.90. The van der Waals surface area contributed by atoms with Gasteiger partial charge >= 0.3 is 0 Å². The SMILES string of the molecule is CNCc1cc(N2CCCC(C)C2C)ccn1. The molecule has 1 aliphatic rings. The Balaban J connectivity index is 2.17. The molecule has 1 aliphatic heterocycles. The molecule has 17 heavy (non-hydrogen) atoms. The van der Waals surface area contributed by atoms with Crippen molar-refractivity contribution >= 4 is 5.69 Å². The van der Waals surface area contributed by atoms with E-state index in [1.165, 1.54) is 25.1 Å². The van der Waals surface area contributed by atoms with Crippen LogP contribution in [0.2, 0.25) is 0 Å². The molecule has 0 amide bonds. The van der Waals surface area contributed by atoms with Crippen LogP contribution in [0.5, 0.6) is 0 Å². The van der Waals surface area contributed by atoms with Gasteiger partial charge in [-0.2, -0.15) is 0 Å². The zero-order valence-corrected chi connectivity index (χ0v) is 11.1. The highest BCUT2D eigenvalue weighted by Gasteiger charge is 2.24. The molecule has 0 aliphatic carbocycles. The van der Waals surface area contributed by atoms with Gasteiger partial charge in [0, 0.05) is 31.0 Å². The Kier molecular flexibility index (Phi) is 4.00. The van der Waals surface area contributed by atoms with Crippen LogP contribution in [-0.4, -0.2) is 24.6 Å². The van der Waals surface area contributed by atoms with Crippen molar-refractivity contribution in [2.24, 2.45) is 5.92 Å². The van der Waals surface area contributed by atoms with Gasteiger partial charge in [-0.3, -0.25) is 4.98 Å². The first-order valence-electron chi connectivity index (χ1n) is 6.58. The van der Waals surface area contributed by atoms with Gasteiger partial charge < -0.3 is 10.2 Å². The third-order valence-corrected chi connectivity index (χ3v) is 3.86. The number of piperidine rings is 1. The minimum atomic E-state index is 0.633. The van der Waals surface area contributed by atoms with Gasteiger partial charge in [0.25, 0.3) is 0 Å². The van der Waals surface area contributed by atoms with E-state index in [9.17, 15) is 0 Å². The van der Waals surface area contributed by atoms with E-state index in [-0.39, 0.29) is 0 Å². The van der Waals surface area contributed by atoms with Gasteiger partial charge in [-0.15, -0.1) is 0 Å². The molecule has 1 aromatic heterocycles. The molecule has 3 heteroatoms. The minimum absolute atomic E-state index is 0.633. The first-order valence-corrected chi connectivity index (χ1v) is 6.58. The summed E-state index contributed by atoms with van der Waals surface area (Å²) in [5, 5.41) is 3.15. The molecule has 0 spiro atoms. The zero-order valence-electron chi connectivity index (χ0n) is 11.1. The lowest BCUT2D eigenvalue weighted by Gasteiger charge is -2.39. The highest BCUT2D eigenvalue weighted by molar-refractivity contribution is 5.48. The molecular weight excluding hydrogens is 210 g/mol. The molecule has 1 fully saturated rings. The standard InChI is InChI=1S/C14H23N3/c1-11-5-4-8-17(12(11)2)14-6-7-16-13(9-14)10-15-3/h6-7,9,11-12,15H,4-5,8,10H2,1-3H3. The van der Waals surface area contributed by atoms with Crippen molar-refractivity contribution in [1.29, 1.82) is 0 Å². The number of anilines is 1. The quantitative estimate of drug-likeness (QED) is 0.869. The number of nitrogens with zero attached hydrogens (tertiary/aromatic N) is 2. The van der Waals surface area contributed by atoms with Crippen LogP contribution in [-0.2, 0) is 6.54 Å². The number of hydrogen-bond acceptors (Lipinski definition) is 3. The maximum atomic E-state index is 4.38. The Hall–Kier alpha value is -1.09. The van der Waals surface area contributed by atoms with Crippen molar-refractivity contribution in [3.8, 4) is 0 Å². The van der Waals surface area contributed by atoms with Crippen LogP contribution in [0.15, 0.2) is 18.3 Å². The van der Waals surface area contributed by atoms with Crippen LogP contribution in [0.1, 0.15) is 32.4 Å². The van der Waals surface area contributed by atoms with Crippen molar-refractivity contribution in [2.75, 3.05) is 18.5 Å². The van der Waals surface area contributed by atoms with E-state index in [4.69, 9.17) is 0 Å². The highest BCUT2D eigenvalue weighted by Crippen LogP contribution is 2.28. The summed E-state index contributed by atoms with van der Waals surface area (Å²) in [6.45, 7) is 6.70. The number of nitrogens with one attached hydrogen (secondary N) is 1. The monoisotopic (exact) mass is 233 g/mol. The molecule has 0 aromatic carbocycles. The molecule has 3 nitrogen and oxygen atoms in total. The second-order valence-corrected chi connectivity index (χ2v) is 5.09. The first kappa shape index (κ1) is 12.4. The van der Waals surface area contributed by atoms with E-state index in [1.54, 1.807) is 0 Å². The molecule has 2 unspecified atom stereocenters. The minimum Gasteiger partial charge on any atom is -0.368 e. The Morgan fingerprint density at radius 2 is 2.29 bits per heavy atom. The van der Waals surface area contributed by atoms with Crippen molar-refractivity contribution in [3.05, 3.63) is 24.0 Å². The molecule has 0 radical (unpaired) electrons. The second kappa shape index (κ2) is 5.50. The molecule has 94 valence electrons. The Morgan fingerprint density at radius 1 is 1.47 bits per heavy atom. The fraction of sp³-hybridized carbons (Fsp3) is 0.643. The van der Waals surface area contributed by atoms with E-state index in [1.807, 2.05) is 13.2 Å². The fourth-order valence-corrected chi connectivity index (χ4v) is 2.62. The molecule has 1 aromatic rings. The Bertz CT molecular complexity index is 364. The van der Waals surface area contributed by atoms with E-state index in [2.05, 4.69) is 41.2 Å². The molecular formula is C14H23N3. The largest absolute Gasteiger partial charge is 0.368 e. The summed E-state index contributed by atoms with van der Waals surface area (Å²) in [5.74, 6) is 0.782. The molecule has 1 saturated heterocycles. The summed E-state index contributed by atoms with van der Waals surface area (Å²) in [6, 6.07) is 4.98. The number of aromatic nitrogens is 1. The summed E-state index contributed by atoms with van der Waals surface area (Å²) < 4.78 is 0. The topological polar surface area (TPSA) is 28.2 Å². The molecule has 2 atom stereocenters. The van der Waals surface area contributed by atoms with Gasteiger partial charge in [0.1, 0.15) is 0 Å². The van der Waals surface area contributed by atoms with Crippen LogP contribution < -0.4 is 10.2 Å². The van der Waals surface area contributed by atoms with Crippen molar-refractivity contribution < 1.29 is 0 Å². The lowest BCUT2D eigenvalue weighted by Crippen LogP contribution is -2.42. The number of pyridine rings is 1. The smallest absolute Gasteiger partial charge is 0.0562 e. The maximum absolute atomic E-state index is 4.38. The molecule has 0 bridgehead atoms. The number of hydrogen-bond donors (Lipinski definition) is 1. The van der Waals surface area contributed by atoms with Gasteiger partial charge in [0.2, 0.25) is 0 Å². The lowest BCUT2D eigenvalue weighted by molar-refractivity contribution is 0.363. The van der Waals surface area contributed by atoms with E-state index < -0.39 is 0 Å². The Labute approximate surface area is 104 Å². The average Bonchev–Trinajstić information content (AvgIpc) is 2.33. The Morgan fingerprint density at radius 3 is 3.06 bits per heavy atom. The van der Waals surface area contributed by atoms with Gasteiger partial charge in [0.15, 0.2) is 0 Å². The van der Waals surface area contributed by atoms with E-state index >= 15 is 0 Å². The van der Waals surface area contributed by atoms with E-state index in [0.717, 1.165) is 18.2 Å². The normalized spacial score (nSPS) is 25.0. The third kappa shape index (κ3) is 2.78. The first-order chi connectivity index (χ1) is 8.22. The van der Waals surface area contributed by atoms with Gasteiger partial charge in [0.05, 0.1) is 5.69 Å². The molecule has 2 rings (SSSR count). The van der Waals surface area contributed by atoms with Gasteiger partial charge in [-0.25, -0.2) is 0 Å². The zero-order chi connectivity index (χ0) is 12.3. The summed E-state index contributed by atoms with van der Waals surface area (Å²) in [7, 11) is 1.96. The molecule has 2 heterocycles. The summed E-state index contributed by atoms with van der Waals surface area (Å²) >= 11 is 0. The van der Waals surface area contributed by atoms with Gasteiger partial charge in [-0.1, -0.05) is 6.92 Å². The predicted molar refractivity (Wildman–Crippen MR) is 72.2 cm³/mol. The number of rotatable bonds is 3. The summed E-state index contributed by atoms with van der Waals surface area (Å²) in [5.41, 5.74) is 2.44. The van der Waals surface area contributed by atoms with Crippen LogP contribution in [0.25, 0.3) is 0 Å². The second-order valence-electron chi connectivity index (χ2n) is 5.09. The third-order valence-electron chi connectivity index (χ3n) is 3.86. The van der Waals surface area contributed by atoms with Crippen molar-refractivity contribution in [1.82, 2.24) is 10.3 Å². The van der Waals surface area contributed by atoms with Crippen molar-refractivity contribution in [2.45, 2.75) is 39.3 Å².